The maximum absolute atomic E-state index is 13.5. The average molecular weight is 287 g/mol. The van der Waals surface area contributed by atoms with Crippen LogP contribution in [0.1, 0.15) is 20.3 Å². The zero-order valence-electron chi connectivity index (χ0n) is 11.5. The highest BCUT2D eigenvalue weighted by Crippen LogP contribution is 2.22. The normalized spacial score (nSPS) is 10.8. The van der Waals surface area contributed by atoms with E-state index in [1.165, 1.54) is 12.1 Å². The molecular weight excluding hydrogens is 269 g/mol. The minimum absolute atomic E-state index is 0.0256. The van der Waals surface area contributed by atoms with Crippen LogP contribution in [-0.2, 0) is 9.47 Å². The van der Waals surface area contributed by atoms with Crippen LogP contribution in [0, 0.1) is 15.9 Å². The van der Waals surface area contributed by atoms with Crippen molar-refractivity contribution in [1.82, 2.24) is 0 Å². The number of nitro groups is 1. The SMILES string of the molecule is CCOC(CCOc1ccc([N+](=O)[O-])cc1F)OCC. The van der Waals surface area contributed by atoms with Crippen molar-refractivity contribution in [3.63, 3.8) is 0 Å². The molecule has 1 aromatic rings. The van der Waals surface area contributed by atoms with Crippen LogP contribution < -0.4 is 4.74 Å². The zero-order valence-corrected chi connectivity index (χ0v) is 11.5. The highest BCUT2D eigenvalue weighted by molar-refractivity contribution is 5.37. The van der Waals surface area contributed by atoms with E-state index in [4.69, 9.17) is 14.2 Å². The molecule has 0 radical (unpaired) electrons. The minimum atomic E-state index is -0.761. The number of nitro benzene ring substituents is 1. The Morgan fingerprint density at radius 1 is 1.30 bits per heavy atom. The number of non-ortho nitro benzene ring substituents is 1. The topological polar surface area (TPSA) is 70.8 Å². The molecule has 0 aliphatic carbocycles. The van der Waals surface area contributed by atoms with Gasteiger partial charge in [0.1, 0.15) is 0 Å². The second kappa shape index (κ2) is 8.44. The van der Waals surface area contributed by atoms with Crippen LogP contribution in [0.4, 0.5) is 10.1 Å². The predicted octanol–water partition coefficient (Wildman–Crippen LogP) is 2.90. The van der Waals surface area contributed by atoms with Crippen molar-refractivity contribution in [2.45, 2.75) is 26.6 Å². The summed E-state index contributed by atoms with van der Waals surface area (Å²) < 4.78 is 29.4. The Hall–Kier alpha value is -1.73. The molecule has 1 rings (SSSR count). The fraction of sp³-hybridized carbons (Fsp3) is 0.538. The van der Waals surface area contributed by atoms with Crippen molar-refractivity contribution in [1.29, 1.82) is 0 Å². The van der Waals surface area contributed by atoms with Gasteiger partial charge in [0.05, 0.1) is 17.6 Å². The summed E-state index contributed by atoms with van der Waals surface area (Å²) in [4.78, 5) is 9.82. The Labute approximate surface area is 116 Å². The van der Waals surface area contributed by atoms with E-state index in [-0.39, 0.29) is 18.0 Å². The first-order valence-corrected chi connectivity index (χ1v) is 6.38. The monoisotopic (exact) mass is 287 g/mol. The van der Waals surface area contributed by atoms with Crippen LogP contribution in [0.2, 0.25) is 0 Å². The third kappa shape index (κ3) is 5.10. The van der Waals surface area contributed by atoms with E-state index in [1.54, 1.807) is 0 Å². The molecule has 0 aliphatic rings. The number of hydrogen-bond donors (Lipinski definition) is 0. The van der Waals surface area contributed by atoms with Crippen LogP contribution >= 0.6 is 0 Å². The van der Waals surface area contributed by atoms with Crippen molar-refractivity contribution >= 4 is 5.69 Å². The molecule has 0 saturated carbocycles. The van der Waals surface area contributed by atoms with E-state index >= 15 is 0 Å². The molecule has 1 aromatic carbocycles. The lowest BCUT2D eigenvalue weighted by Crippen LogP contribution is -2.20. The van der Waals surface area contributed by atoms with E-state index < -0.39 is 17.0 Å². The Morgan fingerprint density at radius 3 is 2.45 bits per heavy atom. The van der Waals surface area contributed by atoms with Gasteiger partial charge in [-0.1, -0.05) is 0 Å². The summed E-state index contributed by atoms with van der Waals surface area (Å²) in [5, 5.41) is 10.5. The Kier molecular flexibility index (Phi) is 6.89. The van der Waals surface area contributed by atoms with Gasteiger partial charge in [-0.15, -0.1) is 0 Å². The van der Waals surface area contributed by atoms with E-state index in [9.17, 15) is 14.5 Å². The van der Waals surface area contributed by atoms with Gasteiger partial charge in [0, 0.05) is 25.7 Å². The van der Waals surface area contributed by atoms with Gasteiger partial charge >= 0.3 is 0 Å². The molecular formula is C13H18FNO5. The molecule has 112 valence electrons. The van der Waals surface area contributed by atoms with Crippen LogP contribution in [0.5, 0.6) is 5.75 Å². The van der Waals surface area contributed by atoms with E-state index in [1.807, 2.05) is 13.8 Å². The number of ether oxygens (including phenoxy) is 3. The zero-order chi connectivity index (χ0) is 15.0. The summed E-state index contributed by atoms with van der Waals surface area (Å²) in [5.74, 6) is -0.786. The van der Waals surface area contributed by atoms with E-state index in [0.717, 1.165) is 6.07 Å². The molecule has 0 aliphatic heterocycles. The van der Waals surface area contributed by atoms with E-state index in [0.29, 0.717) is 19.6 Å². The van der Waals surface area contributed by atoms with Crippen LogP contribution in [-0.4, -0.2) is 31.0 Å². The summed E-state index contributed by atoms with van der Waals surface area (Å²) in [6.07, 6.45) is 0.0454. The highest BCUT2D eigenvalue weighted by atomic mass is 19.1. The van der Waals surface area contributed by atoms with Gasteiger partial charge in [0.2, 0.25) is 0 Å². The highest BCUT2D eigenvalue weighted by Gasteiger charge is 2.13. The smallest absolute Gasteiger partial charge is 0.272 e. The molecule has 20 heavy (non-hydrogen) atoms. The molecule has 0 N–H and O–H groups in total. The predicted molar refractivity (Wildman–Crippen MR) is 70.2 cm³/mol. The molecule has 0 spiro atoms. The van der Waals surface area contributed by atoms with Crippen molar-refractivity contribution in [2.75, 3.05) is 19.8 Å². The standard InChI is InChI=1S/C13H18FNO5/c1-3-18-13(19-4-2)7-8-20-12-6-5-10(15(16)17)9-11(12)14/h5-6,9,13H,3-4,7-8H2,1-2H3. The first-order chi connectivity index (χ1) is 9.58. The van der Waals surface area contributed by atoms with Crippen LogP contribution in [0.25, 0.3) is 0 Å². The van der Waals surface area contributed by atoms with Crippen LogP contribution in [0.15, 0.2) is 18.2 Å². The molecule has 6 nitrogen and oxygen atoms in total. The van der Waals surface area contributed by atoms with E-state index in [2.05, 4.69) is 0 Å². The van der Waals surface area contributed by atoms with Crippen molar-refractivity contribution < 1.29 is 23.5 Å². The minimum Gasteiger partial charge on any atom is -0.490 e. The van der Waals surface area contributed by atoms with Crippen LogP contribution in [0.3, 0.4) is 0 Å². The second-order valence-electron chi connectivity index (χ2n) is 3.85. The fourth-order valence-electron chi connectivity index (χ4n) is 1.57. The van der Waals surface area contributed by atoms with Gasteiger partial charge < -0.3 is 14.2 Å². The third-order valence-corrected chi connectivity index (χ3v) is 2.44. The summed E-state index contributed by atoms with van der Waals surface area (Å²) in [5.41, 5.74) is -0.309. The van der Waals surface area contributed by atoms with Crippen molar-refractivity contribution in [3.05, 3.63) is 34.1 Å². The number of nitrogens with zero attached hydrogens (tertiary/aromatic N) is 1. The maximum atomic E-state index is 13.5. The summed E-state index contributed by atoms with van der Waals surface area (Å²) in [6, 6.07) is 3.27. The molecule has 0 heterocycles. The first-order valence-electron chi connectivity index (χ1n) is 6.38. The van der Waals surface area contributed by atoms with Crippen molar-refractivity contribution in [3.8, 4) is 5.75 Å². The molecule has 0 fully saturated rings. The number of benzene rings is 1. The maximum Gasteiger partial charge on any atom is 0.272 e. The first kappa shape index (κ1) is 16.3. The Balaban J connectivity index is 2.50. The van der Waals surface area contributed by atoms with Gasteiger partial charge in [-0.3, -0.25) is 10.1 Å². The molecule has 0 amide bonds. The fourth-order valence-corrected chi connectivity index (χ4v) is 1.57. The second-order valence-corrected chi connectivity index (χ2v) is 3.85. The largest absolute Gasteiger partial charge is 0.490 e. The molecule has 7 heteroatoms. The van der Waals surface area contributed by atoms with Gasteiger partial charge in [-0.2, -0.15) is 0 Å². The van der Waals surface area contributed by atoms with Gasteiger partial charge in [-0.05, 0) is 19.9 Å². The molecule has 0 aromatic heterocycles. The average Bonchev–Trinajstić information content (AvgIpc) is 2.40. The van der Waals surface area contributed by atoms with Gasteiger partial charge in [0.15, 0.2) is 17.9 Å². The Morgan fingerprint density at radius 2 is 1.95 bits per heavy atom. The number of hydrogen-bond acceptors (Lipinski definition) is 5. The lowest BCUT2D eigenvalue weighted by molar-refractivity contribution is -0.385. The summed E-state index contributed by atoms with van der Waals surface area (Å²) >= 11 is 0. The lowest BCUT2D eigenvalue weighted by atomic mass is 10.3. The summed E-state index contributed by atoms with van der Waals surface area (Å²) in [7, 11) is 0. The summed E-state index contributed by atoms with van der Waals surface area (Å²) in [6.45, 7) is 4.91. The quantitative estimate of drug-likeness (QED) is 0.397. The molecule has 0 atom stereocenters. The molecule has 0 saturated heterocycles. The number of halogens is 1. The van der Waals surface area contributed by atoms with Crippen molar-refractivity contribution in [2.24, 2.45) is 0 Å². The number of rotatable bonds is 9. The van der Waals surface area contributed by atoms with Gasteiger partial charge in [-0.25, -0.2) is 4.39 Å². The molecule has 0 bridgehead atoms. The lowest BCUT2D eigenvalue weighted by Gasteiger charge is -2.17. The third-order valence-electron chi connectivity index (χ3n) is 2.44. The molecule has 0 unspecified atom stereocenters. The Bertz CT molecular complexity index is 435. The van der Waals surface area contributed by atoms with Gasteiger partial charge in [0.25, 0.3) is 5.69 Å².